The number of carboxylic acids is 1. The van der Waals surface area contributed by atoms with Crippen molar-refractivity contribution in [3.05, 3.63) is 54.1 Å². The third-order valence-corrected chi connectivity index (χ3v) is 7.33. The molecule has 9 heteroatoms. The lowest BCUT2D eigenvalue weighted by molar-refractivity contribution is -0.139. The summed E-state index contributed by atoms with van der Waals surface area (Å²) in [5.74, 6) is -0.799. The smallest absolute Gasteiger partial charge is 0.341 e. The van der Waals surface area contributed by atoms with E-state index in [9.17, 15) is 18.3 Å². The zero-order valence-corrected chi connectivity index (χ0v) is 16.5. The van der Waals surface area contributed by atoms with Gasteiger partial charge in [0.1, 0.15) is 6.10 Å². The normalized spacial score (nSPS) is 25.3. The Morgan fingerprint density at radius 3 is 2.62 bits per heavy atom. The van der Waals surface area contributed by atoms with Gasteiger partial charge < -0.3 is 19.7 Å². The largest absolute Gasteiger partial charge is 0.485 e. The number of hydrogen-bond donors (Lipinski definition) is 2. The second kappa shape index (κ2) is 7.33. The Kier molecular flexibility index (Phi) is 4.97. The summed E-state index contributed by atoms with van der Waals surface area (Å²) in [5.41, 5.74) is 0.703. The highest BCUT2D eigenvalue weighted by Gasteiger charge is 2.54. The number of rotatable bonds is 6. The van der Waals surface area contributed by atoms with Crippen molar-refractivity contribution in [2.24, 2.45) is 0 Å². The van der Waals surface area contributed by atoms with Crippen LogP contribution in [0.15, 0.2) is 53.4 Å². The molecule has 154 valence electrons. The van der Waals surface area contributed by atoms with Crippen LogP contribution in [0.1, 0.15) is 17.9 Å². The van der Waals surface area contributed by atoms with Gasteiger partial charge >= 0.3 is 5.97 Å². The van der Waals surface area contributed by atoms with Crippen LogP contribution in [0.5, 0.6) is 11.5 Å². The zero-order chi connectivity index (χ0) is 20.8. The minimum absolute atomic E-state index is 0.149. The summed E-state index contributed by atoms with van der Waals surface area (Å²) in [6.07, 6.45) is -1.06. The summed E-state index contributed by atoms with van der Waals surface area (Å²) < 4.78 is 38.7. The minimum atomic E-state index is -3.82. The quantitative estimate of drug-likeness (QED) is 0.728. The molecule has 2 aliphatic rings. The molecule has 0 radical (unpaired) electrons. The molecule has 0 spiro atoms. The molecule has 4 atom stereocenters. The van der Waals surface area contributed by atoms with Crippen molar-refractivity contribution in [3.8, 4) is 11.5 Å². The highest BCUT2D eigenvalue weighted by Crippen LogP contribution is 2.52. The van der Waals surface area contributed by atoms with E-state index in [0.29, 0.717) is 17.1 Å². The average molecular weight is 419 g/mol. The summed E-state index contributed by atoms with van der Waals surface area (Å²) in [6, 6.07) is 12.4. The van der Waals surface area contributed by atoms with E-state index in [1.807, 2.05) is 0 Å². The summed E-state index contributed by atoms with van der Waals surface area (Å²) in [5, 5.41) is 19.5. The minimum Gasteiger partial charge on any atom is -0.485 e. The van der Waals surface area contributed by atoms with E-state index in [-0.39, 0.29) is 11.3 Å². The number of carbonyl (C=O) groups is 1. The van der Waals surface area contributed by atoms with Gasteiger partial charge in [0.05, 0.1) is 17.0 Å². The number of carboxylic acid groups (broad SMARTS) is 1. The molecule has 0 bridgehead atoms. The van der Waals surface area contributed by atoms with Gasteiger partial charge in [-0.1, -0.05) is 30.3 Å². The van der Waals surface area contributed by atoms with E-state index in [1.165, 1.54) is 23.5 Å². The molecule has 1 aliphatic heterocycles. The van der Waals surface area contributed by atoms with E-state index >= 15 is 0 Å². The summed E-state index contributed by atoms with van der Waals surface area (Å²) in [6.45, 7) is -0.510. The van der Waals surface area contributed by atoms with Crippen LogP contribution in [0, 0.1) is 0 Å². The maximum Gasteiger partial charge on any atom is 0.341 e. The van der Waals surface area contributed by atoms with Crippen molar-refractivity contribution in [1.82, 2.24) is 4.31 Å². The summed E-state index contributed by atoms with van der Waals surface area (Å²) in [7, 11) is -2.36. The Morgan fingerprint density at radius 1 is 1.21 bits per heavy atom. The SMILES string of the molecule is CN(C1C(O)CC2Oc3c(OCC(=O)O)cccc3C21)S(=O)(=O)c1ccccc1. The molecule has 1 heterocycles. The third-order valence-electron chi connectivity index (χ3n) is 5.47. The van der Waals surface area contributed by atoms with Crippen LogP contribution in [0.3, 0.4) is 0 Å². The van der Waals surface area contributed by atoms with Gasteiger partial charge in [0.25, 0.3) is 0 Å². The lowest BCUT2D eigenvalue weighted by Crippen LogP contribution is -2.44. The number of ether oxygens (including phenoxy) is 2. The van der Waals surface area contributed by atoms with Gasteiger partial charge in [-0.3, -0.25) is 0 Å². The first-order valence-electron chi connectivity index (χ1n) is 9.16. The molecule has 0 saturated heterocycles. The van der Waals surface area contributed by atoms with Gasteiger partial charge in [-0.15, -0.1) is 0 Å². The molecule has 4 unspecified atom stereocenters. The van der Waals surface area contributed by atoms with E-state index in [2.05, 4.69) is 0 Å². The molecule has 1 fully saturated rings. The molecule has 0 amide bonds. The van der Waals surface area contributed by atoms with Crippen LogP contribution in [0.25, 0.3) is 0 Å². The van der Waals surface area contributed by atoms with Gasteiger partial charge in [-0.2, -0.15) is 4.31 Å². The molecule has 4 rings (SSSR count). The number of fused-ring (bicyclic) bond motifs is 3. The number of nitrogens with zero attached hydrogens (tertiary/aromatic N) is 1. The van der Waals surface area contributed by atoms with Crippen molar-refractivity contribution in [3.63, 3.8) is 0 Å². The fourth-order valence-electron chi connectivity index (χ4n) is 4.20. The second-order valence-corrected chi connectivity index (χ2v) is 9.16. The predicted molar refractivity (Wildman–Crippen MR) is 103 cm³/mol. The molecule has 2 N–H and O–H groups in total. The van der Waals surface area contributed by atoms with Crippen molar-refractivity contribution in [2.45, 2.75) is 35.5 Å². The standard InChI is InChI=1S/C20H21NO7S/c1-21(29(25,26)12-6-3-2-4-7-12)19-14(22)10-16-18(19)13-8-5-9-15(20(13)28-16)27-11-17(23)24/h2-9,14,16,18-19,22H,10-11H2,1H3,(H,23,24). The van der Waals surface area contributed by atoms with E-state index < -0.39 is 46.8 Å². The van der Waals surface area contributed by atoms with E-state index in [1.54, 1.807) is 36.4 Å². The average Bonchev–Trinajstić information content (AvgIpc) is 3.21. The van der Waals surface area contributed by atoms with Crippen molar-refractivity contribution in [1.29, 1.82) is 0 Å². The van der Waals surface area contributed by atoms with Crippen molar-refractivity contribution in [2.75, 3.05) is 13.7 Å². The van der Waals surface area contributed by atoms with Gasteiger partial charge in [-0.25, -0.2) is 13.2 Å². The molecular weight excluding hydrogens is 398 g/mol. The molecule has 0 aromatic heterocycles. The summed E-state index contributed by atoms with van der Waals surface area (Å²) in [4.78, 5) is 11.0. The number of likely N-dealkylation sites (N-methyl/N-ethyl adjacent to an activating group) is 1. The highest BCUT2D eigenvalue weighted by atomic mass is 32.2. The van der Waals surface area contributed by atoms with Gasteiger partial charge in [0.2, 0.25) is 10.0 Å². The molecular formula is C20H21NO7S. The Balaban J connectivity index is 1.68. The maximum atomic E-state index is 13.1. The Bertz CT molecular complexity index is 1020. The lowest BCUT2D eigenvalue weighted by atomic mass is 9.93. The van der Waals surface area contributed by atoms with Gasteiger partial charge in [0.15, 0.2) is 18.1 Å². The Hall–Kier alpha value is -2.62. The van der Waals surface area contributed by atoms with Crippen molar-refractivity contribution < 1.29 is 32.9 Å². The van der Waals surface area contributed by atoms with Crippen LogP contribution >= 0.6 is 0 Å². The second-order valence-electron chi connectivity index (χ2n) is 7.17. The predicted octanol–water partition coefficient (Wildman–Crippen LogP) is 1.45. The number of para-hydroxylation sites is 1. The van der Waals surface area contributed by atoms with Gasteiger partial charge in [-0.05, 0) is 18.2 Å². The van der Waals surface area contributed by atoms with Crippen LogP contribution in [-0.2, 0) is 14.8 Å². The van der Waals surface area contributed by atoms with Gasteiger partial charge in [0, 0.05) is 24.9 Å². The molecule has 29 heavy (non-hydrogen) atoms. The maximum absolute atomic E-state index is 13.1. The number of hydrogen-bond acceptors (Lipinski definition) is 6. The first-order chi connectivity index (χ1) is 13.8. The topological polar surface area (TPSA) is 113 Å². The van der Waals surface area contributed by atoms with E-state index in [0.717, 1.165) is 0 Å². The number of aliphatic hydroxyl groups excluding tert-OH is 1. The monoisotopic (exact) mass is 419 g/mol. The van der Waals surface area contributed by atoms with Crippen molar-refractivity contribution >= 4 is 16.0 Å². The number of aliphatic carboxylic acids is 1. The molecule has 8 nitrogen and oxygen atoms in total. The van der Waals surface area contributed by atoms with E-state index in [4.69, 9.17) is 14.6 Å². The van der Waals surface area contributed by atoms with Crippen LogP contribution < -0.4 is 9.47 Å². The Morgan fingerprint density at radius 2 is 1.93 bits per heavy atom. The number of benzene rings is 2. The molecule has 2 aromatic carbocycles. The Labute approximate surface area is 168 Å². The third kappa shape index (κ3) is 3.35. The molecule has 1 saturated carbocycles. The fraction of sp³-hybridized carbons (Fsp3) is 0.350. The highest BCUT2D eigenvalue weighted by molar-refractivity contribution is 7.89. The first-order valence-corrected chi connectivity index (χ1v) is 10.6. The number of sulfonamides is 1. The van der Waals surface area contributed by atoms with Crippen LogP contribution in [-0.4, -0.2) is 60.8 Å². The fourth-order valence-corrected chi connectivity index (χ4v) is 5.63. The zero-order valence-electron chi connectivity index (χ0n) is 15.6. The van der Waals surface area contributed by atoms with Crippen LogP contribution in [0.4, 0.5) is 0 Å². The summed E-state index contributed by atoms with van der Waals surface area (Å²) >= 11 is 0. The molecule has 2 aromatic rings. The first kappa shape index (κ1) is 19.7. The number of aliphatic hydroxyl groups is 1. The molecule has 1 aliphatic carbocycles. The van der Waals surface area contributed by atoms with Crippen LogP contribution in [0.2, 0.25) is 0 Å². The lowest BCUT2D eigenvalue weighted by Gasteiger charge is -2.30.